The normalized spacial score (nSPS) is 15.9. The van der Waals surface area contributed by atoms with Crippen molar-refractivity contribution in [2.45, 2.75) is 59.0 Å². The summed E-state index contributed by atoms with van der Waals surface area (Å²) in [6, 6.07) is 0. The highest BCUT2D eigenvalue weighted by Gasteiger charge is 2.20. The van der Waals surface area contributed by atoms with Crippen LogP contribution in [0.3, 0.4) is 0 Å². The molecule has 0 saturated carbocycles. The molecule has 0 heterocycles. The molecule has 14 heavy (non-hydrogen) atoms. The lowest BCUT2D eigenvalue weighted by atomic mass is 9.83. The van der Waals surface area contributed by atoms with Crippen molar-refractivity contribution < 1.29 is 10.2 Å². The summed E-state index contributed by atoms with van der Waals surface area (Å²) in [6.45, 7) is 6.75. The molecule has 0 fully saturated rings. The molecule has 0 aliphatic carbocycles. The van der Waals surface area contributed by atoms with Gasteiger partial charge >= 0.3 is 0 Å². The minimum atomic E-state index is -0.188. The van der Waals surface area contributed by atoms with Crippen molar-refractivity contribution >= 4 is 0 Å². The summed E-state index contributed by atoms with van der Waals surface area (Å²) in [5, 5.41) is 18.5. The van der Waals surface area contributed by atoms with Crippen LogP contribution in [0.25, 0.3) is 0 Å². The Hall–Kier alpha value is -0.0800. The van der Waals surface area contributed by atoms with Crippen LogP contribution in [0.4, 0.5) is 0 Å². The largest absolute Gasteiger partial charge is 0.396 e. The van der Waals surface area contributed by atoms with Crippen LogP contribution in [0.15, 0.2) is 0 Å². The Balaban J connectivity index is 3.78. The zero-order valence-electron chi connectivity index (χ0n) is 9.87. The maximum atomic E-state index is 9.90. The van der Waals surface area contributed by atoms with Crippen LogP contribution in [0.5, 0.6) is 0 Å². The Labute approximate surface area is 88.3 Å². The molecule has 86 valence electrons. The van der Waals surface area contributed by atoms with E-state index in [0.29, 0.717) is 11.8 Å². The molecule has 2 atom stereocenters. The second kappa shape index (κ2) is 8.25. The number of hydrogen-bond acceptors (Lipinski definition) is 2. The molecule has 0 bridgehead atoms. The molecule has 0 aromatic heterocycles. The van der Waals surface area contributed by atoms with Gasteiger partial charge in [-0.2, -0.15) is 0 Å². The third-order valence-corrected chi connectivity index (χ3v) is 3.31. The number of aliphatic hydroxyl groups excluding tert-OH is 2. The molecule has 0 aromatic rings. The third-order valence-electron chi connectivity index (χ3n) is 3.31. The molecule has 0 aliphatic rings. The number of aliphatic hydroxyl groups is 2. The van der Waals surface area contributed by atoms with E-state index in [1.807, 2.05) is 0 Å². The summed E-state index contributed by atoms with van der Waals surface area (Å²) in [5.74, 6) is 1.03. The summed E-state index contributed by atoms with van der Waals surface area (Å²) in [6.07, 6.45) is 4.68. The average molecular weight is 202 g/mol. The SMILES string of the molecule is CCC(CC)C(C)C(O)CCCCO. The number of unbranched alkanes of at least 4 members (excludes halogenated alkanes) is 1. The molecular formula is C12H26O2. The van der Waals surface area contributed by atoms with E-state index in [4.69, 9.17) is 5.11 Å². The highest BCUT2D eigenvalue weighted by Crippen LogP contribution is 2.24. The first-order chi connectivity index (χ1) is 6.67. The molecule has 2 heteroatoms. The van der Waals surface area contributed by atoms with Crippen molar-refractivity contribution in [2.75, 3.05) is 6.61 Å². The molecule has 2 unspecified atom stereocenters. The predicted molar refractivity (Wildman–Crippen MR) is 60.2 cm³/mol. The van der Waals surface area contributed by atoms with Gasteiger partial charge in [-0.05, 0) is 31.1 Å². The van der Waals surface area contributed by atoms with Crippen LogP contribution >= 0.6 is 0 Å². The van der Waals surface area contributed by atoms with Crippen molar-refractivity contribution in [3.05, 3.63) is 0 Å². The van der Waals surface area contributed by atoms with E-state index >= 15 is 0 Å². The van der Waals surface area contributed by atoms with Gasteiger partial charge in [0.05, 0.1) is 6.10 Å². The standard InChI is InChI=1S/C12H26O2/c1-4-11(5-2)10(3)12(14)8-6-7-9-13/h10-14H,4-9H2,1-3H3. The molecule has 0 saturated heterocycles. The summed E-state index contributed by atoms with van der Waals surface area (Å²) in [7, 11) is 0. The van der Waals surface area contributed by atoms with Gasteiger partial charge in [0.1, 0.15) is 0 Å². The minimum Gasteiger partial charge on any atom is -0.396 e. The van der Waals surface area contributed by atoms with Gasteiger partial charge in [-0.1, -0.05) is 33.6 Å². The lowest BCUT2D eigenvalue weighted by molar-refractivity contribution is 0.0685. The topological polar surface area (TPSA) is 40.5 Å². The van der Waals surface area contributed by atoms with Crippen LogP contribution < -0.4 is 0 Å². The lowest BCUT2D eigenvalue weighted by Crippen LogP contribution is -2.24. The molecule has 2 N–H and O–H groups in total. The van der Waals surface area contributed by atoms with Gasteiger partial charge < -0.3 is 10.2 Å². The van der Waals surface area contributed by atoms with Gasteiger partial charge in [0.15, 0.2) is 0 Å². The van der Waals surface area contributed by atoms with E-state index in [9.17, 15) is 5.11 Å². The van der Waals surface area contributed by atoms with Crippen LogP contribution in [0.2, 0.25) is 0 Å². The van der Waals surface area contributed by atoms with E-state index in [0.717, 1.165) is 32.1 Å². The summed E-state index contributed by atoms with van der Waals surface area (Å²) < 4.78 is 0. The Bertz CT molecular complexity index is 121. The Kier molecular flexibility index (Phi) is 8.20. The minimum absolute atomic E-state index is 0.188. The molecule has 0 rings (SSSR count). The highest BCUT2D eigenvalue weighted by molar-refractivity contribution is 4.71. The summed E-state index contributed by atoms with van der Waals surface area (Å²) in [4.78, 5) is 0. The first-order valence-corrected chi connectivity index (χ1v) is 5.96. The highest BCUT2D eigenvalue weighted by atomic mass is 16.3. The van der Waals surface area contributed by atoms with Crippen molar-refractivity contribution in [3.8, 4) is 0 Å². The molecule has 0 amide bonds. The zero-order valence-corrected chi connectivity index (χ0v) is 9.87. The smallest absolute Gasteiger partial charge is 0.0568 e. The fraction of sp³-hybridized carbons (Fsp3) is 1.00. The van der Waals surface area contributed by atoms with Gasteiger partial charge in [-0.15, -0.1) is 0 Å². The van der Waals surface area contributed by atoms with Gasteiger partial charge in [-0.3, -0.25) is 0 Å². The van der Waals surface area contributed by atoms with E-state index in [-0.39, 0.29) is 12.7 Å². The number of rotatable bonds is 8. The Morgan fingerprint density at radius 1 is 1.07 bits per heavy atom. The fourth-order valence-corrected chi connectivity index (χ4v) is 2.07. The first kappa shape index (κ1) is 13.9. The van der Waals surface area contributed by atoms with Gasteiger partial charge in [0, 0.05) is 6.61 Å². The van der Waals surface area contributed by atoms with Gasteiger partial charge in [0.25, 0.3) is 0 Å². The van der Waals surface area contributed by atoms with Crippen LogP contribution in [-0.2, 0) is 0 Å². The maximum Gasteiger partial charge on any atom is 0.0568 e. The summed E-state index contributed by atoms with van der Waals surface area (Å²) in [5.41, 5.74) is 0. The van der Waals surface area contributed by atoms with Gasteiger partial charge in [-0.25, -0.2) is 0 Å². The van der Waals surface area contributed by atoms with E-state index < -0.39 is 0 Å². The zero-order chi connectivity index (χ0) is 11.0. The van der Waals surface area contributed by atoms with E-state index in [2.05, 4.69) is 20.8 Å². The molecular weight excluding hydrogens is 176 g/mol. The second-order valence-electron chi connectivity index (χ2n) is 4.22. The quantitative estimate of drug-likeness (QED) is 0.594. The van der Waals surface area contributed by atoms with Crippen LogP contribution in [0.1, 0.15) is 52.9 Å². The van der Waals surface area contributed by atoms with Crippen molar-refractivity contribution in [3.63, 3.8) is 0 Å². The van der Waals surface area contributed by atoms with Crippen molar-refractivity contribution in [1.29, 1.82) is 0 Å². The van der Waals surface area contributed by atoms with Gasteiger partial charge in [0.2, 0.25) is 0 Å². The van der Waals surface area contributed by atoms with Crippen LogP contribution in [0, 0.1) is 11.8 Å². The maximum absolute atomic E-state index is 9.90. The predicted octanol–water partition coefficient (Wildman–Crippen LogP) is 2.58. The first-order valence-electron chi connectivity index (χ1n) is 5.96. The lowest BCUT2D eigenvalue weighted by Gasteiger charge is -2.26. The molecule has 0 aromatic carbocycles. The molecule has 2 nitrogen and oxygen atoms in total. The fourth-order valence-electron chi connectivity index (χ4n) is 2.07. The number of hydrogen-bond donors (Lipinski definition) is 2. The van der Waals surface area contributed by atoms with Crippen LogP contribution in [-0.4, -0.2) is 22.9 Å². The molecule has 0 spiro atoms. The monoisotopic (exact) mass is 202 g/mol. The average Bonchev–Trinajstić information content (AvgIpc) is 2.19. The second-order valence-corrected chi connectivity index (χ2v) is 4.22. The summed E-state index contributed by atoms with van der Waals surface area (Å²) >= 11 is 0. The van der Waals surface area contributed by atoms with E-state index in [1.165, 1.54) is 0 Å². The Morgan fingerprint density at radius 3 is 2.07 bits per heavy atom. The van der Waals surface area contributed by atoms with Crippen molar-refractivity contribution in [2.24, 2.45) is 11.8 Å². The van der Waals surface area contributed by atoms with Crippen molar-refractivity contribution in [1.82, 2.24) is 0 Å². The molecule has 0 aliphatic heterocycles. The third kappa shape index (κ3) is 4.97. The molecule has 0 radical (unpaired) electrons. The Morgan fingerprint density at radius 2 is 1.64 bits per heavy atom. The van der Waals surface area contributed by atoms with E-state index in [1.54, 1.807) is 0 Å².